The van der Waals surface area contributed by atoms with Crippen LogP contribution in [-0.2, 0) is 0 Å². The van der Waals surface area contributed by atoms with Gasteiger partial charge in [-0.3, -0.25) is 0 Å². The van der Waals surface area contributed by atoms with E-state index in [1.165, 1.54) is 14.9 Å². The predicted octanol–water partition coefficient (Wildman–Crippen LogP) is 1.78. The first kappa shape index (κ1) is 12.0. The molecular weight excluding hydrogens is 266 g/mol. The first-order valence-electron chi connectivity index (χ1n) is 6.99. The van der Waals surface area contributed by atoms with Gasteiger partial charge in [0.1, 0.15) is 0 Å². The lowest BCUT2D eigenvalue weighted by atomic mass is 10.2. The van der Waals surface area contributed by atoms with Crippen molar-refractivity contribution < 1.29 is 0 Å². The fourth-order valence-corrected chi connectivity index (χ4v) is 3.74. The van der Waals surface area contributed by atoms with Crippen molar-refractivity contribution in [3.05, 3.63) is 47.8 Å². The maximum atomic E-state index is 4.90. The third kappa shape index (κ3) is 2.01. The van der Waals surface area contributed by atoms with Gasteiger partial charge in [-0.1, -0.05) is 18.2 Å². The molecule has 20 heavy (non-hydrogen) atoms. The van der Waals surface area contributed by atoms with E-state index < -0.39 is 0 Å². The van der Waals surface area contributed by atoms with Crippen molar-refractivity contribution in [3.63, 3.8) is 0 Å². The van der Waals surface area contributed by atoms with Crippen molar-refractivity contribution in [1.82, 2.24) is 14.9 Å². The summed E-state index contributed by atoms with van der Waals surface area (Å²) in [5, 5.41) is 4.67. The summed E-state index contributed by atoms with van der Waals surface area (Å²) in [5.74, 6) is 0. The Morgan fingerprint density at radius 1 is 1.00 bits per heavy atom. The Labute approximate surface area is 121 Å². The van der Waals surface area contributed by atoms with E-state index >= 15 is 0 Å². The van der Waals surface area contributed by atoms with Crippen LogP contribution in [0.25, 0.3) is 20.8 Å². The number of nitrogens with zero attached hydrogens (tertiary/aromatic N) is 2. The van der Waals surface area contributed by atoms with Crippen LogP contribution in [0.4, 0.5) is 0 Å². The van der Waals surface area contributed by atoms with Crippen molar-refractivity contribution in [2.75, 3.05) is 26.2 Å². The predicted molar refractivity (Wildman–Crippen MR) is 84.1 cm³/mol. The van der Waals surface area contributed by atoms with Crippen LogP contribution in [0.3, 0.4) is 0 Å². The molecule has 4 heteroatoms. The molecule has 3 aliphatic rings. The molecule has 1 aromatic carbocycles. The average Bonchev–Trinajstić information content (AvgIpc) is 2.53. The topological polar surface area (TPSA) is 27.9 Å². The monoisotopic (exact) mass is 282 g/mol. The standard InChI is InChI=1S/C16H16N3S/c1-2-6-14-12(4-1)18-16-13(5-3-7-15(16)20-14)19-10-8-17-9-11-19/h1-7,17H,8-11H2/q+1. The molecule has 4 rings (SSSR count). The molecule has 1 N–H and O–H groups in total. The highest BCUT2D eigenvalue weighted by Gasteiger charge is 2.17. The number of piperazine rings is 1. The molecule has 1 aliphatic carbocycles. The highest BCUT2D eigenvalue weighted by atomic mass is 32.1. The summed E-state index contributed by atoms with van der Waals surface area (Å²) in [6.07, 6.45) is 0. The van der Waals surface area contributed by atoms with Gasteiger partial charge < -0.3 is 5.32 Å². The molecule has 0 bridgehead atoms. The van der Waals surface area contributed by atoms with Crippen LogP contribution < -0.4 is 15.2 Å². The maximum absolute atomic E-state index is 4.90. The average molecular weight is 282 g/mol. The first-order valence-corrected chi connectivity index (χ1v) is 7.81. The van der Waals surface area contributed by atoms with Crippen molar-refractivity contribution in [1.29, 1.82) is 0 Å². The van der Waals surface area contributed by atoms with E-state index in [2.05, 4.69) is 52.4 Å². The second kappa shape index (κ2) is 4.96. The number of benzene rings is 2. The number of aromatic nitrogens is 1. The van der Waals surface area contributed by atoms with Gasteiger partial charge in [0.2, 0.25) is 5.36 Å². The molecule has 0 radical (unpaired) electrons. The maximum Gasteiger partial charge on any atom is 0.227 e. The number of rotatable bonds is 0. The first-order chi connectivity index (χ1) is 9.92. The zero-order valence-electron chi connectivity index (χ0n) is 11.2. The Bertz CT molecular complexity index is 798. The van der Waals surface area contributed by atoms with E-state index in [9.17, 15) is 0 Å². The highest BCUT2D eigenvalue weighted by molar-refractivity contribution is 7.21. The molecule has 1 saturated heterocycles. The van der Waals surface area contributed by atoms with E-state index in [1.807, 2.05) is 11.3 Å². The summed E-state index contributed by atoms with van der Waals surface area (Å²) in [7, 11) is 0. The largest absolute Gasteiger partial charge is 0.305 e. The van der Waals surface area contributed by atoms with E-state index in [0.717, 1.165) is 37.4 Å². The van der Waals surface area contributed by atoms with Gasteiger partial charge in [-0.15, -0.1) is 11.3 Å². The number of nitrogens with one attached hydrogen (secondary N) is 1. The SMILES string of the molecule is c1cc2sc3ccccc3nc-2c(=[N+]2CCNCC2)c1. The molecule has 2 aliphatic heterocycles. The van der Waals surface area contributed by atoms with E-state index in [1.54, 1.807) is 0 Å². The van der Waals surface area contributed by atoms with Gasteiger partial charge in [-0.25, -0.2) is 9.56 Å². The van der Waals surface area contributed by atoms with Gasteiger partial charge in [0.15, 0.2) is 18.8 Å². The van der Waals surface area contributed by atoms with Crippen molar-refractivity contribution >= 4 is 21.6 Å². The van der Waals surface area contributed by atoms with Gasteiger partial charge in [0.05, 0.1) is 28.2 Å². The Hall–Kier alpha value is -1.78. The lowest BCUT2D eigenvalue weighted by molar-refractivity contribution is 0.467. The van der Waals surface area contributed by atoms with Crippen molar-refractivity contribution in [2.45, 2.75) is 0 Å². The summed E-state index contributed by atoms with van der Waals surface area (Å²) in [5.41, 5.74) is 2.23. The molecular formula is C16H16N3S+. The van der Waals surface area contributed by atoms with Gasteiger partial charge >= 0.3 is 0 Å². The third-order valence-electron chi connectivity index (χ3n) is 3.75. The smallest absolute Gasteiger partial charge is 0.227 e. The Morgan fingerprint density at radius 3 is 2.75 bits per heavy atom. The van der Waals surface area contributed by atoms with Crippen LogP contribution in [0.2, 0.25) is 0 Å². The second-order valence-electron chi connectivity index (χ2n) is 5.04. The van der Waals surface area contributed by atoms with Crippen LogP contribution in [0, 0.1) is 0 Å². The number of fused-ring (bicyclic) bond motifs is 2. The minimum absolute atomic E-state index is 1.05. The highest BCUT2D eigenvalue weighted by Crippen LogP contribution is 2.27. The van der Waals surface area contributed by atoms with Crippen LogP contribution in [0.15, 0.2) is 42.5 Å². The Morgan fingerprint density at radius 2 is 1.85 bits per heavy atom. The van der Waals surface area contributed by atoms with Gasteiger partial charge in [0, 0.05) is 6.07 Å². The zero-order valence-corrected chi connectivity index (χ0v) is 12.0. The molecule has 0 aromatic heterocycles. The Kier molecular flexibility index (Phi) is 2.98. The number of hydrogen-bond donors (Lipinski definition) is 1. The molecule has 2 heterocycles. The Balaban J connectivity index is 2.05. The van der Waals surface area contributed by atoms with Crippen molar-refractivity contribution in [2.24, 2.45) is 0 Å². The fourth-order valence-electron chi connectivity index (χ4n) is 2.74. The summed E-state index contributed by atoms with van der Waals surface area (Å²) >= 11 is 1.82. The van der Waals surface area contributed by atoms with Gasteiger partial charge in [-0.2, -0.15) is 0 Å². The van der Waals surface area contributed by atoms with Crippen LogP contribution >= 0.6 is 11.3 Å². The quantitative estimate of drug-likeness (QED) is 0.503. The molecule has 0 atom stereocenters. The van der Waals surface area contributed by atoms with Crippen LogP contribution in [0.1, 0.15) is 0 Å². The van der Waals surface area contributed by atoms with Gasteiger partial charge in [0.25, 0.3) is 0 Å². The lowest BCUT2D eigenvalue weighted by Gasteiger charge is -2.13. The molecule has 0 spiro atoms. The molecule has 3 nitrogen and oxygen atoms in total. The molecule has 1 aromatic rings. The summed E-state index contributed by atoms with van der Waals surface area (Å²) in [6, 6.07) is 14.9. The van der Waals surface area contributed by atoms with Crippen LogP contribution in [0.5, 0.6) is 0 Å². The van der Waals surface area contributed by atoms with E-state index in [0.29, 0.717) is 0 Å². The number of para-hydroxylation sites is 2. The minimum Gasteiger partial charge on any atom is -0.305 e. The zero-order chi connectivity index (χ0) is 13.4. The second-order valence-corrected chi connectivity index (χ2v) is 6.13. The molecule has 0 saturated carbocycles. The molecule has 0 unspecified atom stereocenters. The van der Waals surface area contributed by atoms with Crippen LogP contribution in [-0.4, -0.2) is 31.2 Å². The van der Waals surface area contributed by atoms with Gasteiger partial charge in [-0.05, 0) is 18.2 Å². The summed E-state index contributed by atoms with van der Waals surface area (Å²) in [6.45, 7) is 4.21. The fraction of sp³-hybridized carbons (Fsp3) is 0.250. The molecule has 0 amide bonds. The minimum atomic E-state index is 1.05. The summed E-state index contributed by atoms with van der Waals surface area (Å²) < 4.78 is 3.69. The van der Waals surface area contributed by atoms with E-state index in [-0.39, 0.29) is 0 Å². The third-order valence-corrected chi connectivity index (χ3v) is 4.87. The molecule has 100 valence electrons. The number of hydrogen-bond acceptors (Lipinski definition) is 3. The normalized spacial score (nSPS) is 15.9. The molecule has 1 fully saturated rings. The summed E-state index contributed by atoms with van der Waals surface area (Å²) in [4.78, 5) is 6.16. The van der Waals surface area contributed by atoms with Crippen molar-refractivity contribution in [3.8, 4) is 10.6 Å². The van der Waals surface area contributed by atoms with E-state index in [4.69, 9.17) is 4.98 Å². The lowest BCUT2D eigenvalue weighted by Crippen LogP contribution is -2.46.